The predicted molar refractivity (Wildman–Crippen MR) is 66.1 cm³/mol. The number of nitrogens with one attached hydrogen (secondary N) is 1. The lowest BCUT2D eigenvalue weighted by Crippen LogP contribution is -2.20. The number of hydrogen-bond acceptors (Lipinski definition) is 4. The third-order valence-electron chi connectivity index (χ3n) is 2.41. The molecule has 0 saturated heterocycles. The van der Waals surface area contributed by atoms with Crippen LogP contribution in [0, 0.1) is 0 Å². The Morgan fingerprint density at radius 2 is 2.44 bits per heavy atom. The Morgan fingerprint density at radius 1 is 1.50 bits per heavy atom. The van der Waals surface area contributed by atoms with Gasteiger partial charge in [-0.3, -0.25) is 4.40 Å². The predicted octanol–water partition coefficient (Wildman–Crippen LogP) is 1.56. The number of imidazole rings is 1. The van der Waals surface area contributed by atoms with Gasteiger partial charge in [-0.1, -0.05) is 0 Å². The van der Waals surface area contributed by atoms with Gasteiger partial charge in [-0.2, -0.15) is 0 Å². The van der Waals surface area contributed by atoms with Crippen molar-refractivity contribution < 1.29 is 4.74 Å². The maximum atomic E-state index is 4.96. The van der Waals surface area contributed by atoms with Gasteiger partial charge in [0.2, 0.25) is 0 Å². The van der Waals surface area contributed by atoms with Crippen LogP contribution in [0.4, 0.5) is 0 Å². The highest BCUT2D eigenvalue weighted by molar-refractivity contribution is 7.15. The fourth-order valence-corrected chi connectivity index (χ4v) is 2.31. The van der Waals surface area contributed by atoms with Crippen LogP contribution in [0.1, 0.15) is 12.1 Å². The second kappa shape index (κ2) is 5.98. The van der Waals surface area contributed by atoms with Crippen LogP contribution in [-0.4, -0.2) is 36.2 Å². The van der Waals surface area contributed by atoms with E-state index in [9.17, 15) is 0 Å². The lowest BCUT2D eigenvalue weighted by atomic mass is 10.2. The van der Waals surface area contributed by atoms with Crippen LogP contribution >= 0.6 is 11.3 Å². The molecule has 5 heteroatoms. The summed E-state index contributed by atoms with van der Waals surface area (Å²) in [5.41, 5.74) is 1.18. The molecule has 0 aliphatic rings. The lowest BCUT2D eigenvalue weighted by Gasteiger charge is -2.02. The van der Waals surface area contributed by atoms with Crippen molar-refractivity contribution in [3.8, 4) is 0 Å². The number of fused-ring (bicyclic) bond motifs is 1. The second-order valence-corrected chi connectivity index (χ2v) is 4.54. The van der Waals surface area contributed by atoms with E-state index in [0.717, 1.165) is 37.5 Å². The second-order valence-electron chi connectivity index (χ2n) is 3.67. The van der Waals surface area contributed by atoms with Crippen LogP contribution in [0.5, 0.6) is 0 Å². The quantitative estimate of drug-likeness (QED) is 0.745. The molecule has 0 saturated carbocycles. The molecular formula is C11H17N3OS. The van der Waals surface area contributed by atoms with Gasteiger partial charge in [-0.25, -0.2) is 4.98 Å². The Labute approximate surface area is 99.3 Å². The summed E-state index contributed by atoms with van der Waals surface area (Å²) in [4.78, 5) is 5.62. The molecule has 2 aromatic heterocycles. The maximum absolute atomic E-state index is 4.96. The monoisotopic (exact) mass is 239 g/mol. The fraction of sp³-hybridized carbons (Fsp3) is 0.545. The zero-order valence-electron chi connectivity index (χ0n) is 9.48. The third kappa shape index (κ3) is 3.04. The minimum Gasteiger partial charge on any atom is -0.383 e. The van der Waals surface area contributed by atoms with Crippen molar-refractivity contribution in [1.29, 1.82) is 0 Å². The van der Waals surface area contributed by atoms with Crippen molar-refractivity contribution in [2.75, 3.05) is 26.8 Å². The molecule has 1 N–H and O–H groups in total. The first-order valence-corrected chi connectivity index (χ1v) is 6.39. The zero-order chi connectivity index (χ0) is 11.2. The van der Waals surface area contributed by atoms with Gasteiger partial charge < -0.3 is 10.1 Å². The third-order valence-corrected chi connectivity index (χ3v) is 3.18. The smallest absolute Gasteiger partial charge is 0.193 e. The molecule has 16 heavy (non-hydrogen) atoms. The number of rotatable bonds is 7. The summed E-state index contributed by atoms with van der Waals surface area (Å²) in [7, 11) is 1.72. The maximum Gasteiger partial charge on any atom is 0.193 e. The highest BCUT2D eigenvalue weighted by Crippen LogP contribution is 2.12. The molecule has 0 bridgehead atoms. The van der Waals surface area contributed by atoms with Crippen LogP contribution in [0.25, 0.3) is 4.96 Å². The Balaban J connectivity index is 1.68. The van der Waals surface area contributed by atoms with Crippen molar-refractivity contribution >= 4 is 16.3 Å². The number of aryl methyl sites for hydroxylation is 1. The minimum atomic E-state index is 0.778. The van der Waals surface area contributed by atoms with Crippen LogP contribution in [0.15, 0.2) is 17.8 Å². The molecule has 0 spiro atoms. The zero-order valence-corrected chi connectivity index (χ0v) is 10.3. The van der Waals surface area contributed by atoms with Gasteiger partial charge >= 0.3 is 0 Å². The van der Waals surface area contributed by atoms with Crippen LogP contribution in [0.2, 0.25) is 0 Å². The Kier molecular flexibility index (Phi) is 4.33. The molecule has 0 aromatic carbocycles. The molecule has 2 heterocycles. The van der Waals surface area contributed by atoms with Crippen molar-refractivity contribution in [3.05, 3.63) is 23.5 Å². The number of methoxy groups -OCH3 is 1. The summed E-state index contributed by atoms with van der Waals surface area (Å²) in [6.07, 6.45) is 6.32. The van der Waals surface area contributed by atoms with Crippen molar-refractivity contribution in [1.82, 2.24) is 14.7 Å². The van der Waals surface area contributed by atoms with Crippen LogP contribution < -0.4 is 5.32 Å². The van der Waals surface area contributed by atoms with Gasteiger partial charge in [0.15, 0.2) is 4.96 Å². The number of thiazole rings is 1. The summed E-state index contributed by atoms with van der Waals surface area (Å²) >= 11 is 1.68. The molecule has 0 amide bonds. The first kappa shape index (κ1) is 11.6. The van der Waals surface area contributed by atoms with E-state index in [2.05, 4.69) is 26.3 Å². The Hall–Kier alpha value is -0.910. The molecule has 2 aromatic rings. The summed E-state index contributed by atoms with van der Waals surface area (Å²) in [5, 5.41) is 5.38. The molecule has 88 valence electrons. The average Bonchev–Trinajstić information content (AvgIpc) is 2.83. The lowest BCUT2D eigenvalue weighted by molar-refractivity contribution is 0.199. The van der Waals surface area contributed by atoms with E-state index in [1.165, 1.54) is 5.69 Å². The number of aromatic nitrogens is 2. The van der Waals surface area contributed by atoms with E-state index in [4.69, 9.17) is 4.74 Å². The van der Waals surface area contributed by atoms with Gasteiger partial charge in [0.25, 0.3) is 0 Å². The number of hydrogen-bond donors (Lipinski definition) is 1. The first-order valence-electron chi connectivity index (χ1n) is 5.51. The van der Waals surface area contributed by atoms with Gasteiger partial charge in [0.05, 0.1) is 12.3 Å². The van der Waals surface area contributed by atoms with Crippen molar-refractivity contribution in [3.63, 3.8) is 0 Å². The summed E-state index contributed by atoms with van der Waals surface area (Å²) in [6, 6.07) is 0. The number of ether oxygens (including phenoxy) is 1. The molecule has 4 nitrogen and oxygen atoms in total. The van der Waals surface area contributed by atoms with Crippen molar-refractivity contribution in [2.45, 2.75) is 12.8 Å². The molecule has 0 radical (unpaired) electrons. The van der Waals surface area contributed by atoms with Gasteiger partial charge in [0, 0.05) is 31.4 Å². The van der Waals surface area contributed by atoms with Crippen LogP contribution in [-0.2, 0) is 11.2 Å². The van der Waals surface area contributed by atoms with E-state index in [-0.39, 0.29) is 0 Å². The molecule has 0 aliphatic heterocycles. The van der Waals surface area contributed by atoms with E-state index in [0.29, 0.717) is 0 Å². The highest BCUT2D eigenvalue weighted by atomic mass is 32.1. The fourth-order valence-electron chi connectivity index (χ4n) is 1.59. The number of nitrogens with zero attached hydrogens (tertiary/aromatic N) is 2. The molecule has 0 unspecified atom stereocenters. The molecular weight excluding hydrogens is 222 g/mol. The average molecular weight is 239 g/mol. The van der Waals surface area contributed by atoms with Crippen LogP contribution in [0.3, 0.4) is 0 Å². The summed E-state index contributed by atoms with van der Waals surface area (Å²) in [5.74, 6) is 0. The minimum absolute atomic E-state index is 0.778. The first-order chi connectivity index (χ1) is 7.90. The van der Waals surface area contributed by atoms with E-state index in [1.807, 2.05) is 6.20 Å². The van der Waals surface area contributed by atoms with Gasteiger partial charge in [-0.15, -0.1) is 11.3 Å². The van der Waals surface area contributed by atoms with Gasteiger partial charge in [0.1, 0.15) is 0 Å². The topological polar surface area (TPSA) is 38.6 Å². The summed E-state index contributed by atoms with van der Waals surface area (Å²) in [6.45, 7) is 2.73. The van der Waals surface area contributed by atoms with E-state index < -0.39 is 0 Å². The normalized spacial score (nSPS) is 11.3. The van der Waals surface area contributed by atoms with Gasteiger partial charge in [-0.05, 0) is 19.4 Å². The summed E-state index contributed by atoms with van der Waals surface area (Å²) < 4.78 is 7.04. The SMILES string of the molecule is COCCNCCCc1cn2ccsc2n1. The largest absolute Gasteiger partial charge is 0.383 e. The molecule has 2 rings (SSSR count). The van der Waals surface area contributed by atoms with E-state index in [1.54, 1.807) is 18.4 Å². The standard InChI is InChI=1S/C11H17N3OS/c1-15-7-5-12-4-2-3-10-9-14-6-8-16-11(14)13-10/h6,8-9,12H,2-5,7H2,1H3. The van der Waals surface area contributed by atoms with Crippen molar-refractivity contribution in [2.24, 2.45) is 0 Å². The Morgan fingerprint density at radius 3 is 3.25 bits per heavy atom. The Bertz CT molecular complexity index is 395. The molecule has 0 fully saturated rings. The molecule has 0 aliphatic carbocycles. The highest BCUT2D eigenvalue weighted by Gasteiger charge is 2.01. The van der Waals surface area contributed by atoms with E-state index >= 15 is 0 Å². The molecule has 0 atom stereocenters.